The smallest absolute Gasteiger partial charge is 0.336 e. The first-order valence-corrected chi connectivity index (χ1v) is 13.8. The van der Waals surface area contributed by atoms with E-state index in [1.165, 1.54) is 6.07 Å². The van der Waals surface area contributed by atoms with E-state index in [-0.39, 0.29) is 30.0 Å². The lowest BCUT2D eigenvalue weighted by molar-refractivity contribution is -0.143. The molecule has 0 bridgehead atoms. The van der Waals surface area contributed by atoms with Gasteiger partial charge < -0.3 is 24.5 Å². The van der Waals surface area contributed by atoms with Gasteiger partial charge in [0.1, 0.15) is 11.3 Å². The first-order valence-electron chi connectivity index (χ1n) is 13.8. The molecular weight excluding hydrogens is 472 g/mol. The van der Waals surface area contributed by atoms with Crippen LogP contribution in [0.1, 0.15) is 76.7 Å². The Morgan fingerprint density at radius 2 is 2.05 bits per heavy atom. The minimum absolute atomic E-state index is 0.120. The number of rotatable bonds is 11. The van der Waals surface area contributed by atoms with Crippen molar-refractivity contribution in [1.29, 1.82) is 0 Å². The number of hydrogen-bond acceptors (Lipinski definition) is 6. The molecule has 37 heavy (non-hydrogen) atoms. The zero-order chi connectivity index (χ0) is 26.3. The molecule has 2 N–H and O–H groups in total. The lowest BCUT2D eigenvalue weighted by Gasteiger charge is -2.47. The molecule has 2 fully saturated rings. The quantitative estimate of drug-likeness (QED) is 0.349. The van der Waals surface area contributed by atoms with Gasteiger partial charge in [0, 0.05) is 49.5 Å². The fourth-order valence-corrected chi connectivity index (χ4v) is 5.74. The van der Waals surface area contributed by atoms with E-state index >= 15 is 0 Å². The first kappa shape index (κ1) is 27.2. The number of ether oxygens (including phenoxy) is 1. The van der Waals surface area contributed by atoms with Crippen LogP contribution in [0.3, 0.4) is 0 Å². The van der Waals surface area contributed by atoms with Crippen molar-refractivity contribution in [3.63, 3.8) is 0 Å². The van der Waals surface area contributed by atoms with Gasteiger partial charge in [-0.2, -0.15) is 0 Å². The van der Waals surface area contributed by atoms with Crippen LogP contribution in [0, 0.1) is 5.92 Å². The molecule has 1 aliphatic carbocycles. The molecule has 0 radical (unpaired) electrons. The number of amides is 2. The predicted octanol–water partition coefficient (Wildman–Crippen LogP) is 3.95. The molecule has 2 amide bonds. The van der Waals surface area contributed by atoms with Crippen LogP contribution >= 0.6 is 0 Å². The van der Waals surface area contributed by atoms with Crippen LogP contribution in [-0.4, -0.2) is 53.7 Å². The molecule has 1 saturated carbocycles. The van der Waals surface area contributed by atoms with Crippen molar-refractivity contribution in [2.75, 3.05) is 26.2 Å². The second kappa shape index (κ2) is 12.6. The fourth-order valence-electron chi connectivity index (χ4n) is 5.74. The van der Waals surface area contributed by atoms with Crippen LogP contribution in [0.15, 0.2) is 33.5 Å². The average Bonchev–Trinajstić information content (AvgIpc) is 2.88. The molecule has 8 nitrogen and oxygen atoms in total. The van der Waals surface area contributed by atoms with Gasteiger partial charge in [0.25, 0.3) is 5.91 Å². The number of benzene rings is 1. The number of nitrogens with one attached hydrogen (secondary N) is 1. The molecule has 1 saturated heterocycles. The average molecular weight is 513 g/mol. The van der Waals surface area contributed by atoms with Gasteiger partial charge in [0.2, 0.25) is 5.91 Å². The summed E-state index contributed by atoms with van der Waals surface area (Å²) in [6.45, 7) is 3.82. The summed E-state index contributed by atoms with van der Waals surface area (Å²) in [4.78, 5) is 38.6. The number of unbranched alkanes of at least 4 members (excludes halogenated alkanes) is 2. The number of carbonyl (C=O) groups is 2. The molecule has 1 aromatic heterocycles. The molecule has 1 aliphatic heterocycles. The Balaban J connectivity index is 1.11. The maximum Gasteiger partial charge on any atom is 0.336 e. The Morgan fingerprint density at radius 1 is 1.19 bits per heavy atom. The van der Waals surface area contributed by atoms with E-state index in [9.17, 15) is 19.5 Å². The molecule has 0 spiro atoms. The number of piperidine rings is 1. The van der Waals surface area contributed by atoms with Crippen molar-refractivity contribution in [3.05, 3.63) is 40.2 Å². The Kier molecular flexibility index (Phi) is 9.24. The summed E-state index contributed by atoms with van der Waals surface area (Å²) >= 11 is 0. The summed E-state index contributed by atoms with van der Waals surface area (Å²) in [6, 6.07) is 6.82. The van der Waals surface area contributed by atoms with Crippen molar-refractivity contribution in [1.82, 2.24) is 10.2 Å². The van der Waals surface area contributed by atoms with Gasteiger partial charge in [0.15, 0.2) is 6.61 Å². The van der Waals surface area contributed by atoms with E-state index in [0.29, 0.717) is 43.8 Å². The van der Waals surface area contributed by atoms with E-state index < -0.39 is 5.60 Å². The molecule has 2 atom stereocenters. The Morgan fingerprint density at radius 3 is 2.89 bits per heavy atom. The molecule has 1 aromatic carbocycles. The highest BCUT2D eigenvalue weighted by Gasteiger charge is 2.43. The molecule has 4 rings (SSSR count). The lowest BCUT2D eigenvalue weighted by atomic mass is 9.71. The molecule has 0 unspecified atom stereocenters. The SMILES string of the molecule is CCCc1cc(=O)oc2cc(OCC(=O)NCCCCCC(=O)N3CC[C@@]4(O)CCCC[C@@H]4C3)ccc12. The van der Waals surface area contributed by atoms with Crippen molar-refractivity contribution in [2.24, 2.45) is 5.92 Å². The molecule has 202 valence electrons. The number of aliphatic hydroxyl groups is 1. The van der Waals surface area contributed by atoms with Crippen LogP contribution in [0.5, 0.6) is 5.75 Å². The highest BCUT2D eigenvalue weighted by atomic mass is 16.5. The summed E-state index contributed by atoms with van der Waals surface area (Å²) in [5.74, 6) is 0.661. The van der Waals surface area contributed by atoms with Gasteiger partial charge in [-0.25, -0.2) is 4.79 Å². The standard InChI is InChI=1S/C29H40N2O6/c1-2-8-21-17-28(34)37-25-18-23(11-12-24(21)25)36-20-26(32)30-15-7-3-4-10-27(33)31-16-14-29(35)13-6-5-9-22(29)19-31/h11-12,17-18,22,35H,2-10,13-16,19-20H2,1H3,(H,30,32)/t22-,29+/m1/s1. The molecule has 2 aliphatic rings. The second-order valence-corrected chi connectivity index (χ2v) is 10.6. The van der Waals surface area contributed by atoms with E-state index in [2.05, 4.69) is 12.2 Å². The number of aryl methyl sites for hydroxylation is 1. The number of fused-ring (bicyclic) bond motifs is 2. The molecule has 8 heteroatoms. The van der Waals surface area contributed by atoms with Gasteiger partial charge in [-0.15, -0.1) is 0 Å². The summed E-state index contributed by atoms with van der Waals surface area (Å²) in [5.41, 5.74) is 0.466. The Hall–Kier alpha value is -2.87. The number of likely N-dealkylation sites (tertiary alicyclic amines) is 1. The van der Waals surface area contributed by atoms with Crippen molar-refractivity contribution in [3.8, 4) is 5.75 Å². The van der Waals surface area contributed by atoms with Gasteiger partial charge in [-0.3, -0.25) is 9.59 Å². The van der Waals surface area contributed by atoms with Crippen LogP contribution in [0.2, 0.25) is 0 Å². The van der Waals surface area contributed by atoms with E-state index in [1.54, 1.807) is 12.1 Å². The van der Waals surface area contributed by atoms with Crippen LogP contribution in [-0.2, 0) is 16.0 Å². The Bertz CT molecular complexity index is 1140. The van der Waals surface area contributed by atoms with Crippen LogP contribution in [0.4, 0.5) is 0 Å². The topological polar surface area (TPSA) is 109 Å². The van der Waals surface area contributed by atoms with Crippen molar-refractivity contribution < 1.29 is 23.8 Å². The number of carbonyl (C=O) groups excluding carboxylic acids is 2. The Labute approximate surface area is 218 Å². The van der Waals surface area contributed by atoms with Crippen LogP contribution in [0.25, 0.3) is 11.0 Å². The highest BCUT2D eigenvalue weighted by molar-refractivity contribution is 5.82. The minimum Gasteiger partial charge on any atom is -0.484 e. The number of hydrogen-bond donors (Lipinski definition) is 2. The molecule has 2 heterocycles. The minimum atomic E-state index is -0.556. The van der Waals surface area contributed by atoms with E-state index in [1.807, 2.05) is 11.0 Å². The third kappa shape index (κ3) is 7.12. The molecule has 2 aromatic rings. The maximum atomic E-state index is 12.6. The zero-order valence-corrected chi connectivity index (χ0v) is 21.9. The summed E-state index contributed by atoms with van der Waals surface area (Å²) in [5, 5.41) is 14.5. The second-order valence-electron chi connectivity index (χ2n) is 10.6. The summed E-state index contributed by atoms with van der Waals surface area (Å²) < 4.78 is 10.9. The lowest BCUT2D eigenvalue weighted by Crippen LogP contribution is -2.54. The van der Waals surface area contributed by atoms with Gasteiger partial charge >= 0.3 is 5.63 Å². The summed E-state index contributed by atoms with van der Waals surface area (Å²) in [6.07, 6.45) is 9.50. The first-order chi connectivity index (χ1) is 17.9. The monoisotopic (exact) mass is 512 g/mol. The van der Waals surface area contributed by atoms with Crippen molar-refractivity contribution in [2.45, 2.75) is 83.2 Å². The maximum absolute atomic E-state index is 12.6. The molecular formula is C29H40N2O6. The normalized spacial score (nSPS) is 21.5. The third-order valence-corrected chi connectivity index (χ3v) is 7.86. The summed E-state index contributed by atoms with van der Waals surface area (Å²) in [7, 11) is 0. The van der Waals surface area contributed by atoms with Gasteiger partial charge in [0.05, 0.1) is 5.60 Å². The third-order valence-electron chi connectivity index (χ3n) is 7.86. The fraction of sp³-hybridized carbons (Fsp3) is 0.621. The largest absolute Gasteiger partial charge is 0.484 e. The predicted molar refractivity (Wildman–Crippen MR) is 142 cm³/mol. The van der Waals surface area contributed by atoms with Crippen LogP contribution < -0.4 is 15.7 Å². The number of nitrogens with zero attached hydrogens (tertiary/aromatic N) is 1. The van der Waals surface area contributed by atoms with Crippen molar-refractivity contribution >= 4 is 22.8 Å². The zero-order valence-electron chi connectivity index (χ0n) is 21.9. The van der Waals surface area contributed by atoms with Gasteiger partial charge in [-0.05, 0) is 56.2 Å². The highest BCUT2D eigenvalue weighted by Crippen LogP contribution is 2.39. The van der Waals surface area contributed by atoms with E-state index in [0.717, 1.165) is 68.7 Å². The van der Waals surface area contributed by atoms with Gasteiger partial charge in [-0.1, -0.05) is 32.6 Å². The van der Waals surface area contributed by atoms with E-state index in [4.69, 9.17) is 9.15 Å².